The van der Waals surface area contributed by atoms with Gasteiger partial charge in [0.15, 0.2) is 0 Å². The van der Waals surface area contributed by atoms with Crippen molar-refractivity contribution in [2.24, 2.45) is 5.92 Å². The van der Waals surface area contributed by atoms with Gasteiger partial charge in [-0.2, -0.15) is 0 Å². The molecular formula is C21H26N2O2. The largest absolute Gasteiger partial charge is 0.496 e. The predicted octanol–water partition coefficient (Wildman–Crippen LogP) is 3.29. The molecule has 1 amide bonds. The maximum absolute atomic E-state index is 12.7. The Labute approximate surface area is 149 Å². The van der Waals surface area contributed by atoms with E-state index in [1.807, 2.05) is 54.6 Å². The molecular weight excluding hydrogens is 312 g/mol. The van der Waals surface area contributed by atoms with Crippen LogP contribution in [0.4, 0.5) is 0 Å². The Kier molecular flexibility index (Phi) is 6.07. The van der Waals surface area contributed by atoms with Crippen molar-refractivity contribution in [1.29, 1.82) is 0 Å². The summed E-state index contributed by atoms with van der Waals surface area (Å²) < 4.78 is 5.52. The standard InChI is InChI=1S/C21H26N2O2/c1-25-19-10-6-5-9-18(19)21(17-7-3-2-4-8-17)23-20(24)15-16-11-13-22-14-12-16/h2-10,16,21-22H,11-15H2,1H3,(H,23,24)/t21-/m0/s1. The molecule has 2 N–H and O–H groups in total. The van der Waals surface area contributed by atoms with Crippen LogP contribution in [0.25, 0.3) is 0 Å². The Balaban J connectivity index is 1.80. The first-order valence-corrected chi connectivity index (χ1v) is 8.96. The minimum Gasteiger partial charge on any atom is -0.496 e. The molecule has 1 saturated heterocycles. The van der Waals surface area contributed by atoms with E-state index in [0.717, 1.165) is 42.8 Å². The quantitative estimate of drug-likeness (QED) is 0.850. The van der Waals surface area contributed by atoms with Crippen LogP contribution in [0.2, 0.25) is 0 Å². The van der Waals surface area contributed by atoms with Crippen molar-refractivity contribution in [3.8, 4) is 5.75 Å². The van der Waals surface area contributed by atoms with Crippen LogP contribution >= 0.6 is 0 Å². The molecule has 1 atom stereocenters. The molecule has 25 heavy (non-hydrogen) atoms. The molecule has 1 aliphatic rings. The molecule has 0 aliphatic carbocycles. The van der Waals surface area contributed by atoms with E-state index in [-0.39, 0.29) is 11.9 Å². The van der Waals surface area contributed by atoms with Crippen molar-refractivity contribution in [3.05, 3.63) is 65.7 Å². The van der Waals surface area contributed by atoms with Gasteiger partial charge < -0.3 is 15.4 Å². The number of carbonyl (C=O) groups is 1. The highest BCUT2D eigenvalue weighted by molar-refractivity contribution is 5.77. The van der Waals surface area contributed by atoms with Crippen LogP contribution in [0.5, 0.6) is 5.75 Å². The molecule has 0 unspecified atom stereocenters. The molecule has 1 fully saturated rings. The van der Waals surface area contributed by atoms with Crippen LogP contribution < -0.4 is 15.4 Å². The third-order valence-corrected chi connectivity index (χ3v) is 4.82. The molecule has 0 spiro atoms. The number of benzene rings is 2. The van der Waals surface area contributed by atoms with E-state index in [1.165, 1.54) is 0 Å². The number of para-hydroxylation sites is 1. The van der Waals surface area contributed by atoms with Crippen LogP contribution in [-0.2, 0) is 4.79 Å². The van der Waals surface area contributed by atoms with Gasteiger partial charge >= 0.3 is 0 Å². The maximum atomic E-state index is 12.7. The van der Waals surface area contributed by atoms with E-state index in [2.05, 4.69) is 10.6 Å². The Morgan fingerprint density at radius 3 is 2.52 bits per heavy atom. The third-order valence-electron chi connectivity index (χ3n) is 4.82. The molecule has 0 bridgehead atoms. The topological polar surface area (TPSA) is 50.4 Å². The molecule has 1 heterocycles. The van der Waals surface area contributed by atoms with E-state index in [9.17, 15) is 4.79 Å². The highest BCUT2D eigenvalue weighted by Gasteiger charge is 2.22. The zero-order chi connectivity index (χ0) is 17.5. The molecule has 3 rings (SSSR count). The summed E-state index contributed by atoms with van der Waals surface area (Å²) in [5.41, 5.74) is 2.04. The van der Waals surface area contributed by atoms with Gasteiger partial charge in [0.25, 0.3) is 0 Å². The lowest BCUT2D eigenvalue weighted by Crippen LogP contribution is -2.34. The summed E-state index contributed by atoms with van der Waals surface area (Å²) in [6, 6.07) is 17.7. The second-order valence-corrected chi connectivity index (χ2v) is 6.55. The van der Waals surface area contributed by atoms with Gasteiger partial charge in [0.05, 0.1) is 13.2 Å². The maximum Gasteiger partial charge on any atom is 0.221 e. The lowest BCUT2D eigenvalue weighted by atomic mass is 9.93. The predicted molar refractivity (Wildman–Crippen MR) is 99.6 cm³/mol. The summed E-state index contributed by atoms with van der Waals surface area (Å²) in [6.07, 6.45) is 2.72. The normalized spacial score (nSPS) is 16.2. The van der Waals surface area contributed by atoms with Crippen molar-refractivity contribution in [2.45, 2.75) is 25.3 Å². The molecule has 4 nitrogen and oxygen atoms in total. The number of hydrogen-bond donors (Lipinski definition) is 2. The van der Waals surface area contributed by atoms with Crippen LogP contribution in [0, 0.1) is 5.92 Å². The second kappa shape index (κ2) is 8.67. The van der Waals surface area contributed by atoms with Gasteiger partial charge in [0.1, 0.15) is 5.75 Å². The lowest BCUT2D eigenvalue weighted by Gasteiger charge is -2.25. The summed E-state index contributed by atoms with van der Waals surface area (Å²) in [6.45, 7) is 2.01. The summed E-state index contributed by atoms with van der Waals surface area (Å²) in [5.74, 6) is 1.36. The molecule has 2 aromatic carbocycles. The average Bonchev–Trinajstić information content (AvgIpc) is 2.67. The number of piperidine rings is 1. The van der Waals surface area contributed by atoms with Gasteiger partial charge in [0, 0.05) is 12.0 Å². The van der Waals surface area contributed by atoms with Crippen LogP contribution in [0.1, 0.15) is 36.4 Å². The van der Waals surface area contributed by atoms with Crippen molar-refractivity contribution in [3.63, 3.8) is 0 Å². The van der Waals surface area contributed by atoms with E-state index in [1.54, 1.807) is 7.11 Å². The Bertz CT molecular complexity index is 681. The number of amides is 1. The Morgan fingerprint density at radius 2 is 1.80 bits per heavy atom. The highest BCUT2D eigenvalue weighted by atomic mass is 16.5. The van der Waals surface area contributed by atoms with E-state index < -0.39 is 0 Å². The fraction of sp³-hybridized carbons (Fsp3) is 0.381. The number of carbonyl (C=O) groups excluding carboxylic acids is 1. The van der Waals surface area contributed by atoms with Crippen LogP contribution in [0.15, 0.2) is 54.6 Å². The lowest BCUT2D eigenvalue weighted by molar-refractivity contribution is -0.122. The van der Waals surface area contributed by atoms with Crippen molar-refractivity contribution >= 4 is 5.91 Å². The molecule has 132 valence electrons. The number of ether oxygens (including phenoxy) is 1. The summed E-state index contributed by atoms with van der Waals surface area (Å²) >= 11 is 0. The van der Waals surface area contributed by atoms with Gasteiger partial charge in [-0.25, -0.2) is 0 Å². The first kappa shape index (κ1) is 17.5. The summed E-state index contributed by atoms with van der Waals surface area (Å²) in [7, 11) is 1.66. The first-order chi connectivity index (χ1) is 12.3. The second-order valence-electron chi connectivity index (χ2n) is 6.55. The van der Waals surface area contributed by atoms with Crippen LogP contribution in [0.3, 0.4) is 0 Å². The van der Waals surface area contributed by atoms with Gasteiger partial charge in [-0.15, -0.1) is 0 Å². The van der Waals surface area contributed by atoms with Gasteiger partial charge in [0.2, 0.25) is 5.91 Å². The monoisotopic (exact) mass is 338 g/mol. The molecule has 0 radical (unpaired) electrons. The van der Waals surface area contributed by atoms with E-state index in [4.69, 9.17) is 4.74 Å². The zero-order valence-corrected chi connectivity index (χ0v) is 14.7. The molecule has 1 aliphatic heterocycles. The summed E-state index contributed by atoms with van der Waals surface area (Å²) in [5, 5.41) is 6.58. The minimum absolute atomic E-state index is 0.103. The SMILES string of the molecule is COc1ccccc1[C@@H](NC(=O)CC1CCNCC1)c1ccccc1. The third kappa shape index (κ3) is 4.60. The highest BCUT2D eigenvalue weighted by Crippen LogP contribution is 2.30. The van der Waals surface area contributed by atoms with Crippen LogP contribution in [-0.4, -0.2) is 26.1 Å². The fourth-order valence-corrected chi connectivity index (χ4v) is 3.46. The minimum atomic E-state index is -0.202. The molecule has 2 aromatic rings. The van der Waals surface area contributed by atoms with Gasteiger partial charge in [-0.05, 0) is 43.5 Å². The van der Waals surface area contributed by atoms with Gasteiger partial charge in [-0.1, -0.05) is 48.5 Å². The summed E-state index contributed by atoms with van der Waals surface area (Å²) in [4.78, 5) is 12.7. The molecule has 4 heteroatoms. The average molecular weight is 338 g/mol. The number of methoxy groups -OCH3 is 1. The van der Waals surface area contributed by atoms with Gasteiger partial charge in [-0.3, -0.25) is 4.79 Å². The van der Waals surface area contributed by atoms with E-state index in [0.29, 0.717) is 12.3 Å². The Hall–Kier alpha value is -2.33. The number of hydrogen-bond acceptors (Lipinski definition) is 3. The number of nitrogens with one attached hydrogen (secondary N) is 2. The molecule has 0 aromatic heterocycles. The van der Waals surface area contributed by atoms with Crippen molar-refractivity contribution < 1.29 is 9.53 Å². The smallest absolute Gasteiger partial charge is 0.221 e. The Morgan fingerprint density at radius 1 is 1.12 bits per heavy atom. The fourth-order valence-electron chi connectivity index (χ4n) is 3.46. The van der Waals surface area contributed by atoms with E-state index >= 15 is 0 Å². The number of rotatable bonds is 6. The zero-order valence-electron chi connectivity index (χ0n) is 14.7. The molecule has 0 saturated carbocycles. The first-order valence-electron chi connectivity index (χ1n) is 8.96. The van der Waals surface area contributed by atoms with Crippen molar-refractivity contribution in [1.82, 2.24) is 10.6 Å². The van der Waals surface area contributed by atoms with Crippen molar-refractivity contribution in [2.75, 3.05) is 20.2 Å².